The van der Waals surface area contributed by atoms with E-state index in [1.54, 1.807) is 0 Å². The summed E-state index contributed by atoms with van der Waals surface area (Å²) in [6.07, 6.45) is 0. The normalized spacial score (nSPS) is 12.2. The molecular weight excluding hydrogens is 220 g/mol. The van der Waals surface area contributed by atoms with Gasteiger partial charge >= 0.3 is 0 Å². The third-order valence-electron chi connectivity index (χ3n) is 2.60. The first-order valence-corrected chi connectivity index (χ1v) is 5.43. The molecule has 1 N–H and O–H groups in total. The molecule has 0 fully saturated rings. The molecule has 3 heteroatoms. The molecule has 2 aromatic rings. The first-order chi connectivity index (χ1) is 8.16. The molecule has 0 aliphatic heterocycles. The molecule has 0 bridgehead atoms. The lowest BCUT2D eigenvalue weighted by Gasteiger charge is -2.16. The lowest BCUT2D eigenvalue weighted by molar-refractivity contribution is 0.584. The molecule has 0 saturated carbocycles. The summed E-state index contributed by atoms with van der Waals surface area (Å²) in [6.45, 7) is 1.93. The zero-order valence-electron chi connectivity index (χ0n) is 9.45. The van der Waals surface area contributed by atoms with Crippen molar-refractivity contribution in [3.05, 3.63) is 65.7 Å². The summed E-state index contributed by atoms with van der Waals surface area (Å²) < 4.78 is 26.2. The third kappa shape index (κ3) is 2.81. The number of rotatable bonds is 3. The van der Waals surface area contributed by atoms with Gasteiger partial charge in [-0.1, -0.05) is 30.3 Å². The van der Waals surface area contributed by atoms with Crippen molar-refractivity contribution >= 4 is 5.69 Å². The fourth-order valence-electron chi connectivity index (χ4n) is 1.66. The van der Waals surface area contributed by atoms with Crippen molar-refractivity contribution in [2.24, 2.45) is 0 Å². The first-order valence-electron chi connectivity index (χ1n) is 5.43. The van der Waals surface area contributed by atoms with Crippen molar-refractivity contribution < 1.29 is 8.78 Å². The van der Waals surface area contributed by atoms with E-state index in [1.165, 1.54) is 12.1 Å². The number of hydrogen-bond donors (Lipinski definition) is 1. The van der Waals surface area contributed by atoms with Gasteiger partial charge in [-0.15, -0.1) is 0 Å². The minimum Gasteiger partial charge on any atom is -0.376 e. The molecule has 1 atom stereocenters. The fraction of sp³-hybridized carbons (Fsp3) is 0.143. The summed E-state index contributed by atoms with van der Waals surface area (Å²) in [5.74, 6) is -1.15. The monoisotopic (exact) mass is 233 g/mol. The highest BCUT2D eigenvalue weighted by atomic mass is 19.1. The van der Waals surface area contributed by atoms with Crippen LogP contribution in [0.5, 0.6) is 0 Å². The second kappa shape index (κ2) is 4.95. The van der Waals surface area contributed by atoms with Crippen LogP contribution in [-0.2, 0) is 0 Å². The molecular formula is C14H13F2N. The first kappa shape index (κ1) is 11.6. The highest BCUT2D eigenvalue weighted by molar-refractivity contribution is 5.46. The van der Waals surface area contributed by atoms with Gasteiger partial charge in [-0.2, -0.15) is 0 Å². The number of anilines is 1. The van der Waals surface area contributed by atoms with Crippen molar-refractivity contribution in [2.45, 2.75) is 13.0 Å². The van der Waals surface area contributed by atoms with E-state index >= 15 is 0 Å². The van der Waals surface area contributed by atoms with Crippen LogP contribution < -0.4 is 5.32 Å². The number of nitrogens with one attached hydrogen (secondary N) is 1. The molecule has 0 saturated heterocycles. The van der Waals surface area contributed by atoms with Gasteiger partial charge in [0.15, 0.2) is 0 Å². The van der Waals surface area contributed by atoms with Gasteiger partial charge in [-0.05, 0) is 24.6 Å². The maximum atomic E-state index is 13.4. The Morgan fingerprint density at radius 1 is 1.00 bits per heavy atom. The Bertz CT molecular complexity index is 497. The largest absolute Gasteiger partial charge is 0.376 e. The van der Waals surface area contributed by atoms with Crippen LogP contribution >= 0.6 is 0 Å². The van der Waals surface area contributed by atoms with Gasteiger partial charge in [0.1, 0.15) is 11.6 Å². The molecule has 17 heavy (non-hydrogen) atoms. The van der Waals surface area contributed by atoms with Gasteiger partial charge in [0.05, 0.1) is 5.69 Å². The van der Waals surface area contributed by atoms with Gasteiger partial charge in [0.2, 0.25) is 0 Å². The van der Waals surface area contributed by atoms with E-state index in [0.29, 0.717) is 5.69 Å². The lowest BCUT2D eigenvalue weighted by atomic mass is 10.1. The zero-order valence-corrected chi connectivity index (χ0v) is 9.45. The zero-order chi connectivity index (χ0) is 12.3. The molecule has 0 spiro atoms. The van der Waals surface area contributed by atoms with Crippen molar-refractivity contribution in [1.82, 2.24) is 0 Å². The highest BCUT2D eigenvalue weighted by Crippen LogP contribution is 2.21. The van der Waals surface area contributed by atoms with Gasteiger partial charge in [0.25, 0.3) is 0 Å². The SMILES string of the molecule is CC(Nc1ccc(F)cc1F)c1ccccc1. The Labute approximate surface area is 99.1 Å². The van der Waals surface area contributed by atoms with E-state index in [9.17, 15) is 8.78 Å². The summed E-state index contributed by atoms with van der Waals surface area (Å²) >= 11 is 0. The van der Waals surface area contributed by atoms with Gasteiger partial charge in [-0.25, -0.2) is 8.78 Å². The molecule has 2 rings (SSSR count). The Balaban J connectivity index is 2.16. The molecule has 2 aromatic carbocycles. The van der Waals surface area contributed by atoms with Crippen LogP contribution in [0.4, 0.5) is 14.5 Å². The van der Waals surface area contributed by atoms with Crippen molar-refractivity contribution in [2.75, 3.05) is 5.32 Å². The van der Waals surface area contributed by atoms with Crippen molar-refractivity contribution in [1.29, 1.82) is 0 Å². The van der Waals surface area contributed by atoms with Crippen LogP contribution in [0.25, 0.3) is 0 Å². The van der Waals surface area contributed by atoms with E-state index in [4.69, 9.17) is 0 Å². The topological polar surface area (TPSA) is 12.0 Å². The minimum atomic E-state index is -0.576. The molecule has 0 aliphatic carbocycles. The van der Waals surface area contributed by atoms with E-state index < -0.39 is 11.6 Å². The summed E-state index contributed by atoms with van der Waals surface area (Å²) in [6, 6.07) is 13.2. The second-order valence-corrected chi connectivity index (χ2v) is 3.90. The molecule has 88 valence electrons. The average Bonchev–Trinajstić information content (AvgIpc) is 2.34. The van der Waals surface area contributed by atoms with Crippen LogP contribution in [-0.4, -0.2) is 0 Å². The predicted molar refractivity (Wildman–Crippen MR) is 64.8 cm³/mol. The number of halogens is 2. The Kier molecular flexibility index (Phi) is 3.38. The standard InChI is InChI=1S/C14H13F2N/c1-10(11-5-3-2-4-6-11)17-14-8-7-12(15)9-13(14)16/h2-10,17H,1H3. The number of hydrogen-bond acceptors (Lipinski definition) is 1. The van der Waals surface area contributed by atoms with Crippen LogP contribution in [0.2, 0.25) is 0 Å². The Morgan fingerprint density at radius 3 is 2.35 bits per heavy atom. The maximum Gasteiger partial charge on any atom is 0.149 e. The van der Waals surface area contributed by atoms with Gasteiger partial charge in [0, 0.05) is 12.1 Å². The van der Waals surface area contributed by atoms with Crippen molar-refractivity contribution in [3.8, 4) is 0 Å². The molecule has 0 heterocycles. The van der Waals surface area contributed by atoms with Gasteiger partial charge in [-0.3, -0.25) is 0 Å². The summed E-state index contributed by atoms with van der Waals surface area (Å²) in [4.78, 5) is 0. The van der Waals surface area contributed by atoms with E-state index in [-0.39, 0.29) is 6.04 Å². The molecule has 1 nitrogen and oxygen atoms in total. The van der Waals surface area contributed by atoms with Crippen LogP contribution in [0.15, 0.2) is 48.5 Å². The van der Waals surface area contributed by atoms with Crippen LogP contribution in [0.3, 0.4) is 0 Å². The van der Waals surface area contributed by atoms with Crippen LogP contribution in [0, 0.1) is 11.6 Å². The van der Waals surface area contributed by atoms with Crippen LogP contribution in [0.1, 0.15) is 18.5 Å². The molecule has 0 radical (unpaired) electrons. The van der Waals surface area contributed by atoms with Gasteiger partial charge < -0.3 is 5.32 Å². The lowest BCUT2D eigenvalue weighted by Crippen LogP contribution is -2.07. The minimum absolute atomic E-state index is 0.0313. The highest BCUT2D eigenvalue weighted by Gasteiger charge is 2.08. The smallest absolute Gasteiger partial charge is 0.149 e. The second-order valence-electron chi connectivity index (χ2n) is 3.90. The predicted octanol–water partition coefficient (Wildman–Crippen LogP) is 4.14. The summed E-state index contributed by atoms with van der Waals surface area (Å²) in [7, 11) is 0. The molecule has 0 aliphatic rings. The third-order valence-corrected chi connectivity index (χ3v) is 2.60. The molecule has 0 aromatic heterocycles. The molecule has 1 unspecified atom stereocenters. The fourth-order valence-corrected chi connectivity index (χ4v) is 1.66. The Hall–Kier alpha value is -1.90. The summed E-state index contributed by atoms with van der Waals surface area (Å²) in [5, 5.41) is 3.01. The molecule has 0 amide bonds. The summed E-state index contributed by atoms with van der Waals surface area (Å²) in [5.41, 5.74) is 1.36. The quantitative estimate of drug-likeness (QED) is 0.840. The number of benzene rings is 2. The van der Waals surface area contributed by atoms with E-state index in [1.807, 2.05) is 37.3 Å². The average molecular weight is 233 g/mol. The van der Waals surface area contributed by atoms with E-state index in [0.717, 1.165) is 11.6 Å². The Morgan fingerprint density at radius 2 is 1.71 bits per heavy atom. The van der Waals surface area contributed by atoms with E-state index in [2.05, 4.69) is 5.32 Å². The maximum absolute atomic E-state index is 13.4. The van der Waals surface area contributed by atoms with Crippen molar-refractivity contribution in [3.63, 3.8) is 0 Å².